The van der Waals surface area contributed by atoms with E-state index in [0.29, 0.717) is 6.61 Å². The van der Waals surface area contributed by atoms with Crippen LogP contribution in [0, 0.1) is 0 Å². The topological polar surface area (TPSA) is 68.7 Å². The van der Waals surface area contributed by atoms with Gasteiger partial charge in [0.2, 0.25) is 5.96 Å². The quantitative estimate of drug-likeness (QED) is 0.636. The Kier molecular flexibility index (Phi) is 5.32. The number of amides is 3. The van der Waals surface area contributed by atoms with Gasteiger partial charge in [-0.1, -0.05) is 42.5 Å². The number of allylic oxidation sites excluding steroid dienone is 2. The molecule has 0 radical (unpaired) electrons. The van der Waals surface area contributed by atoms with E-state index in [4.69, 9.17) is 9.73 Å². The molecule has 2 aromatic rings. The summed E-state index contributed by atoms with van der Waals surface area (Å²) in [6.07, 6.45) is 0.316. The highest BCUT2D eigenvalue weighted by Gasteiger charge is 2.55. The van der Waals surface area contributed by atoms with E-state index in [1.54, 1.807) is 19.1 Å². The summed E-state index contributed by atoms with van der Waals surface area (Å²) in [4.78, 5) is 39.0. The van der Waals surface area contributed by atoms with Crippen LogP contribution in [0.15, 0.2) is 58.9 Å². The minimum atomic E-state index is -0.556. The Bertz CT molecular complexity index is 1180. The van der Waals surface area contributed by atoms with E-state index in [1.807, 2.05) is 61.2 Å². The number of hydrogen-bond donors (Lipinski definition) is 0. The lowest BCUT2D eigenvalue weighted by molar-refractivity contribution is -0.137. The maximum absolute atomic E-state index is 13.8. The minimum absolute atomic E-state index is 0.208. The number of methoxy groups -OCH3 is 1. The largest absolute Gasteiger partial charge is 0.385 e. The molecular formula is C25H29N5O3. The van der Waals surface area contributed by atoms with Crippen molar-refractivity contribution in [3.63, 3.8) is 0 Å². The normalized spacial score (nSPS) is 22.5. The zero-order valence-corrected chi connectivity index (χ0v) is 19.5. The molecule has 1 saturated heterocycles. The molecule has 8 heteroatoms. The van der Waals surface area contributed by atoms with E-state index in [9.17, 15) is 9.59 Å². The summed E-state index contributed by atoms with van der Waals surface area (Å²) in [6, 6.07) is 13.1. The summed E-state index contributed by atoms with van der Waals surface area (Å²) in [5.74, 6) is 0.539. The number of carbonyl (C=O) groups is 2. The lowest BCUT2D eigenvalue weighted by Crippen LogP contribution is -2.64. The molecule has 0 N–H and O–H groups in total. The Morgan fingerprint density at radius 3 is 2.55 bits per heavy atom. The highest BCUT2D eigenvalue weighted by molar-refractivity contribution is 6.05. The SMILES string of the molecule is COCCCN1C2=NC3C(C(=O)N(Cc4cccc5ccccc45)C(=O)N3C)N2C(C)=C1C. The first-order valence-corrected chi connectivity index (χ1v) is 11.3. The number of likely N-dealkylation sites (N-methyl/N-ethyl adjacent to an activating group) is 1. The molecule has 3 aliphatic heterocycles. The molecule has 1 fully saturated rings. The van der Waals surface area contributed by atoms with E-state index >= 15 is 0 Å². The lowest BCUT2D eigenvalue weighted by atomic mass is 10.0. The summed E-state index contributed by atoms with van der Waals surface area (Å²) < 4.78 is 5.21. The van der Waals surface area contributed by atoms with Crippen molar-refractivity contribution in [1.82, 2.24) is 19.6 Å². The van der Waals surface area contributed by atoms with Crippen LogP contribution < -0.4 is 0 Å². The first-order valence-electron chi connectivity index (χ1n) is 11.3. The molecule has 33 heavy (non-hydrogen) atoms. The first kappa shape index (κ1) is 21.5. The average molecular weight is 448 g/mol. The predicted molar refractivity (Wildman–Crippen MR) is 126 cm³/mol. The van der Waals surface area contributed by atoms with Gasteiger partial charge in [0.15, 0.2) is 12.2 Å². The summed E-state index contributed by atoms with van der Waals surface area (Å²) >= 11 is 0. The molecule has 172 valence electrons. The minimum Gasteiger partial charge on any atom is -0.385 e. The van der Waals surface area contributed by atoms with Gasteiger partial charge in [-0.25, -0.2) is 9.79 Å². The van der Waals surface area contributed by atoms with Gasteiger partial charge in [-0.2, -0.15) is 0 Å². The van der Waals surface area contributed by atoms with Crippen molar-refractivity contribution in [2.75, 3.05) is 27.3 Å². The third-order valence-electron chi connectivity index (χ3n) is 6.94. The molecular weight excluding hydrogens is 418 g/mol. The molecule has 0 aliphatic carbocycles. The molecule has 2 aromatic carbocycles. The van der Waals surface area contributed by atoms with Gasteiger partial charge < -0.3 is 14.5 Å². The number of rotatable bonds is 6. The number of benzene rings is 2. The number of urea groups is 1. The highest BCUT2D eigenvalue weighted by atomic mass is 16.5. The average Bonchev–Trinajstić information content (AvgIpc) is 3.32. The molecule has 0 saturated carbocycles. The second kappa shape index (κ2) is 8.19. The third kappa shape index (κ3) is 3.28. The molecule has 0 spiro atoms. The molecule has 3 aliphatic rings. The Labute approximate surface area is 193 Å². The van der Waals surface area contributed by atoms with Crippen LogP contribution in [0.3, 0.4) is 0 Å². The van der Waals surface area contributed by atoms with Gasteiger partial charge in [-0.3, -0.25) is 14.6 Å². The summed E-state index contributed by atoms with van der Waals surface area (Å²) in [5, 5.41) is 2.14. The Hall–Kier alpha value is -3.39. The first-order chi connectivity index (χ1) is 15.9. The molecule has 8 nitrogen and oxygen atoms in total. The fourth-order valence-electron chi connectivity index (χ4n) is 5.06. The van der Waals surface area contributed by atoms with E-state index in [-0.39, 0.29) is 18.5 Å². The molecule has 0 bridgehead atoms. The van der Waals surface area contributed by atoms with Gasteiger partial charge >= 0.3 is 6.03 Å². The van der Waals surface area contributed by atoms with Gasteiger partial charge in [-0.05, 0) is 36.6 Å². The number of aliphatic imine (C=N–C) groups is 1. The van der Waals surface area contributed by atoms with E-state index in [0.717, 1.165) is 46.7 Å². The molecule has 3 heterocycles. The Balaban J connectivity index is 1.46. The van der Waals surface area contributed by atoms with Crippen LogP contribution in [0.2, 0.25) is 0 Å². The monoisotopic (exact) mass is 447 g/mol. The van der Waals surface area contributed by atoms with Gasteiger partial charge in [0.05, 0.1) is 6.54 Å². The maximum Gasteiger partial charge on any atom is 0.328 e. The Morgan fingerprint density at radius 1 is 1.00 bits per heavy atom. The van der Waals surface area contributed by atoms with Crippen LogP contribution in [0.1, 0.15) is 25.8 Å². The molecule has 3 amide bonds. The standard InChI is InChI=1S/C25H29N5O3/c1-16-17(2)30-21-22(26-24(30)28(16)13-8-14-33-4)27(3)25(32)29(23(21)31)15-19-11-7-10-18-9-5-6-12-20(18)19/h5-7,9-12,21-22H,8,13-15H2,1-4H3. The molecule has 2 atom stereocenters. The number of ether oxygens (including phenoxy) is 1. The van der Waals surface area contributed by atoms with Crippen molar-refractivity contribution in [2.24, 2.45) is 4.99 Å². The van der Waals surface area contributed by atoms with Crippen LogP contribution in [-0.2, 0) is 16.1 Å². The summed E-state index contributed by atoms with van der Waals surface area (Å²) in [5.41, 5.74) is 3.03. The van der Waals surface area contributed by atoms with Crippen molar-refractivity contribution in [3.8, 4) is 0 Å². The van der Waals surface area contributed by atoms with Crippen LogP contribution in [0.25, 0.3) is 10.8 Å². The van der Waals surface area contributed by atoms with Crippen LogP contribution in [0.4, 0.5) is 4.79 Å². The number of guanidine groups is 1. The number of fused-ring (bicyclic) bond motifs is 4. The molecule has 5 rings (SSSR count). The van der Waals surface area contributed by atoms with Crippen molar-refractivity contribution in [1.29, 1.82) is 0 Å². The van der Waals surface area contributed by atoms with Crippen LogP contribution in [0.5, 0.6) is 0 Å². The van der Waals surface area contributed by atoms with Gasteiger partial charge in [-0.15, -0.1) is 0 Å². The Morgan fingerprint density at radius 2 is 1.76 bits per heavy atom. The number of hydrogen-bond acceptors (Lipinski definition) is 6. The van der Waals surface area contributed by atoms with Gasteiger partial charge in [0.25, 0.3) is 5.91 Å². The van der Waals surface area contributed by atoms with Crippen molar-refractivity contribution < 1.29 is 14.3 Å². The lowest BCUT2D eigenvalue weighted by Gasteiger charge is -2.41. The zero-order chi connectivity index (χ0) is 23.3. The zero-order valence-electron chi connectivity index (χ0n) is 19.5. The van der Waals surface area contributed by atoms with Crippen LogP contribution >= 0.6 is 0 Å². The second-order valence-electron chi connectivity index (χ2n) is 8.78. The van der Waals surface area contributed by atoms with Gasteiger partial charge in [0.1, 0.15) is 0 Å². The highest BCUT2D eigenvalue weighted by Crippen LogP contribution is 2.38. The predicted octanol–water partition coefficient (Wildman–Crippen LogP) is 3.20. The van der Waals surface area contributed by atoms with Crippen LogP contribution in [-0.4, -0.2) is 77.0 Å². The van der Waals surface area contributed by atoms with Crippen molar-refractivity contribution in [2.45, 2.75) is 39.0 Å². The van der Waals surface area contributed by atoms with Crippen molar-refractivity contribution >= 4 is 28.7 Å². The number of imide groups is 1. The van der Waals surface area contributed by atoms with E-state index < -0.39 is 12.2 Å². The number of nitrogens with zero attached hydrogens (tertiary/aromatic N) is 5. The molecule has 0 aromatic heterocycles. The molecule has 2 unspecified atom stereocenters. The fourth-order valence-corrected chi connectivity index (χ4v) is 5.06. The summed E-state index contributed by atoms with van der Waals surface area (Å²) in [6.45, 7) is 5.70. The van der Waals surface area contributed by atoms with E-state index in [1.165, 1.54) is 4.90 Å². The smallest absolute Gasteiger partial charge is 0.328 e. The maximum atomic E-state index is 13.8. The van der Waals surface area contributed by atoms with Crippen molar-refractivity contribution in [3.05, 3.63) is 59.4 Å². The third-order valence-corrected chi connectivity index (χ3v) is 6.94. The number of carbonyl (C=O) groups excluding carboxylic acids is 2. The summed E-state index contributed by atoms with van der Waals surface area (Å²) in [7, 11) is 3.42. The fraction of sp³-hybridized carbons (Fsp3) is 0.400. The van der Waals surface area contributed by atoms with E-state index in [2.05, 4.69) is 4.90 Å². The van der Waals surface area contributed by atoms with Gasteiger partial charge in [0, 0.05) is 38.7 Å². The second-order valence-corrected chi connectivity index (χ2v) is 8.78.